The second kappa shape index (κ2) is 4.52. The summed E-state index contributed by atoms with van der Waals surface area (Å²) in [6.07, 6.45) is 0.0101. The van der Waals surface area contributed by atoms with Crippen LogP contribution in [0, 0.1) is 0 Å². The Labute approximate surface area is 82.1 Å². The van der Waals surface area contributed by atoms with Crippen LogP contribution in [0.1, 0.15) is 5.56 Å². The first kappa shape index (κ1) is 11.1. The second-order valence-electron chi connectivity index (χ2n) is 2.82. The SMILES string of the molecule is O=S(=O)(O)C(Cc1ccccc1)NO. The molecule has 0 bridgehead atoms. The van der Waals surface area contributed by atoms with Gasteiger partial charge in [0.15, 0.2) is 5.37 Å². The van der Waals surface area contributed by atoms with Crippen molar-refractivity contribution in [2.24, 2.45) is 0 Å². The summed E-state index contributed by atoms with van der Waals surface area (Å²) in [7, 11) is -4.27. The molecule has 0 aliphatic heterocycles. The second-order valence-corrected chi connectivity index (χ2v) is 4.42. The normalized spacial score (nSPS) is 13.9. The van der Waals surface area contributed by atoms with Crippen molar-refractivity contribution in [2.75, 3.05) is 0 Å². The average Bonchev–Trinajstić information content (AvgIpc) is 2.14. The van der Waals surface area contributed by atoms with Crippen molar-refractivity contribution in [3.05, 3.63) is 35.9 Å². The van der Waals surface area contributed by atoms with Gasteiger partial charge in [-0.15, -0.1) is 0 Å². The van der Waals surface area contributed by atoms with E-state index in [9.17, 15) is 8.42 Å². The summed E-state index contributed by atoms with van der Waals surface area (Å²) < 4.78 is 30.1. The standard InChI is InChI=1S/C8H11NO4S/c10-9-8(14(11,12)13)6-7-4-2-1-3-5-7/h1-5,8-10H,6H2,(H,11,12,13). The number of rotatable bonds is 4. The Kier molecular flexibility index (Phi) is 3.59. The minimum absolute atomic E-state index is 0.0101. The van der Waals surface area contributed by atoms with Gasteiger partial charge in [0.25, 0.3) is 10.1 Å². The predicted molar refractivity (Wildman–Crippen MR) is 50.4 cm³/mol. The zero-order valence-electron chi connectivity index (χ0n) is 7.29. The zero-order chi connectivity index (χ0) is 10.6. The third-order valence-electron chi connectivity index (χ3n) is 1.77. The molecule has 78 valence electrons. The molecule has 0 amide bonds. The summed E-state index contributed by atoms with van der Waals surface area (Å²) in [6.45, 7) is 0. The van der Waals surface area contributed by atoms with Gasteiger partial charge in [0.1, 0.15) is 0 Å². The molecular weight excluding hydrogens is 206 g/mol. The molecule has 0 saturated carbocycles. The van der Waals surface area contributed by atoms with Gasteiger partial charge in [-0.25, -0.2) is 0 Å². The molecule has 6 heteroatoms. The van der Waals surface area contributed by atoms with E-state index in [0.717, 1.165) is 0 Å². The van der Waals surface area contributed by atoms with Crippen molar-refractivity contribution in [3.8, 4) is 0 Å². The molecule has 0 radical (unpaired) electrons. The van der Waals surface area contributed by atoms with Gasteiger partial charge in [-0.1, -0.05) is 30.3 Å². The summed E-state index contributed by atoms with van der Waals surface area (Å²) in [4.78, 5) is 0. The molecule has 5 nitrogen and oxygen atoms in total. The van der Waals surface area contributed by atoms with E-state index < -0.39 is 15.5 Å². The summed E-state index contributed by atoms with van der Waals surface area (Å²) >= 11 is 0. The molecule has 3 N–H and O–H groups in total. The average molecular weight is 217 g/mol. The van der Waals surface area contributed by atoms with E-state index in [2.05, 4.69) is 0 Å². The minimum Gasteiger partial charge on any atom is -0.315 e. The van der Waals surface area contributed by atoms with Crippen molar-refractivity contribution >= 4 is 10.1 Å². The first-order valence-electron chi connectivity index (χ1n) is 3.94. The van der Waals surface area contributed by atoms with E-state index >= 15 is 0 Å². The van der Waals surface area contributed by atoms with Crippen molar-refractivity contribution in [1.29, 1.82) is 0 Å². The molecule has 0 fully saturated rings. The molecule has 0 heterocycles. The lowest BCUT2D eigenvalue weighted by molar-refractivity contribution is 0.149. The van der Waals surface area contributed by atoms with Gasteiger partial charge >= 0.3 is 0 Å². The van der Waals surface area contributed by atoms with E-state index in [4.69, 9.17) is 9.76 Å². The summed E-state index contributed by atoms with van der Waals surface area (Å²) in [6, 6.07) is 8.69. The Bertz CT molecular complexity index is 376. The van der Waals surface area contributed by atoms with Gasteiger partial charge in [0.05, 0.1) is 0 Å². The van der Waals surface area contributed by atoms with Gasteiger partial charge in [0.2, 0.25) is 0 Å². The third-order valence-corrected chi connectivity index (χ3v) is 2.76. The highest BCUT2D eigenvalue weighted by molar-refractivity contribution is 7.86. The molecule has 1 rings (SSSR count). The van der Waals surface area contributed by atoms with Crippen LogP contribution in [0.3, 0.4) is 0 Å². The lowest BCUT2D eigenvalue weighted by Gasteiger charge is -2.11. The molecule has 0 saturated heterocycles. The Morgan fingerprint density at radius 1 is 1.29 bits per heavy atom. The largest absolute Gasteiger partial charge is 0.315 e. The van der Waals surface area contributed by atoms with E-state index in [-0.39, 0.29) is 6.42 Å². The van der Waals surface area contributed by atoms with Gasteiger partial charge in [-0.3, -0.25) is 4.55 Å². The number of nitrogens with one attached hydrogen (secondary N) is 1. The molecular formula is C8H11NO4S. The van der Waals surface area contributed by atoms with Crippen LogP contribution in [0.25, 0.3) is 0 Å². The van der Waals surface area contributed by atoms with Crippen LogP contribution in [-0.2, 0) is 16.5 Å². The molecule has 0 aliphatic carbocycles. The fourth-order valence-corrected chi connectivity index (χ4v) is 1.58. The van der Waals surface area contributed by atoms with Crippen molar-refractivity contribution in [3.63, 3.8) is 0 Å². The Hall–Kier alpha value is -0.950. The Morgan fingerprint density at radius 3 is 2.29 bits per heavy atom. The van der Waals surface area contributed by atoms with Gasteiger partial charge in [0, 0.05) is 6.42 Å². The van der Waals surface area contributed by atoms with E-state index in [1.807, 2.05) is 0 Å². The fraction of sp³-hybridized carbons (Fsp3) is 0.250. The fourth-order valence-electron chi connectivity index (χ4n) is 1.05. The smallest absolute Gasteiger partial charge is 0.283 e. The van der Waals surface area contributed by atoms with Crippen LogP contribution in [0.2, 0.25) is 0 Å². The molecule has 0 aromatic heterocycles. The third kappa shape index (κ3) is 3.08. The van der Waals surface area contributed by atoms with Crippen molar-refractivity contribution in [1.82, 2.24) is 5.48 Å². The quantitative estimate of drug-likeness (QED) is 0.502. The lowest BCUT2D eigenvalue weighted by Crippen LogP contribution is -2.36. The Balaban J connectivity index is 2.77. The first-order valence-corrected chi connectivity index (χ1v) is 5.44. The number of benzene rings is 1. The topological polar surface area (TPSA) is 86.6 Å². The van der Waals surface area contributed by atoms with Gasteiger partial charge < -0.3 is 5.21 Å². The highest BCUT2D eigenvalue weighted by Gasteiger charge is 2.21. The molecule has 0 aliphatic rings. The molecule has 1 aromatic rings. The number of hydroxylamine groups is 1. The van der Waals surface area contributed by atoms with Crippen LogP contribution >= 0.6 is 0 Å². The van der Waals surface area contributed by atoms with Crippen LogP contribution in [0.15, 0.2) is 30.3 Å². The lowest BCUT2D eigenvalue weighted by atomic mass is 10.1. The van der Waals surface area contributed by atoms with Crippen molar-refractivity contribution < 1.29 is 18.2 Å². The summed E-state index contributed by atoms with van der Waals surface area (Å²) in [5, 5.41) is 7.15. The van der Waals surface area contributed by atoms with Gasteiger partial charge in [-0.2, -0.15) is 13.9 Å². The summed E-state index contributed by atoms with van der Waals surface area (Å²) in [5.74, 6) is 0. The molecule has 1 atom stereocenters. The maximum Gasteiger partial charge on any atom is 0.283 e. The minimum atomic E-state index is -4.27. The van der Waals surface area contributed by atoms with Crippen molar-refractivity contribution in [2.45, 2.75) is 11.8 Å². The number of hydrogen-bond acceptors (Lipinski definition) is 4. The maximum atomic E-state index is 10.7. The Morgan fingerprint density at radius 2 is 1.86 bits per heavy atom. The predicted octanol–water partition coefficient (Wildman–Crippen LogP) is 0.422. The van der Waals surface area contributed by atoms with Gasteiger partial charge in [-0.05, 0) is 5.56 Å². The molecule has 14 heavy (non-hydrogen) atoms. The molecule has 1 unspecified atom stereocenters. The van der Waals surface area contributed by atoms with Crippen LogP contribution < -0.4 is 5.48 Å². The number of hydrogen-bond donors (Lipinski definition) is 3. The monoisotopic (exact) mass is 217 g/mol. The van der Waals surface area contributed by atoms with Crippen LogP contribution in [0.5, 0.6) is 0 Å². The van der Waals surface area contributed by atoms with Crippen LogP contribution in [-0.4, -0.2) is 23.6 Å². The van der Waals surface area contributed by atoms with Crippen LogP contribution in [0.4, 0.5) is 0 Å². The highest BCUT2D eigenvalue weighted by Crippen LogP contribution is 2.06. The zero-order valence-corrected chi connectivity index (χ0v) is 8.11. The van der Waals surface area contributed by atoms with E-state index in [1.165, 1.54) is 0 Å². The first-order chi connectivity index (χ1) is 6.54. The molecule has 1 aromatic carbocycles. The maximum absolute atomic E-state index is 10.7. The highest BCUT2D eigenvalue weighted by atomic mass is 32.2. The molecule has 0 spiro atoms. The van der Waals surface area contributed by atoms with E-state index in [0.29, 0.717) is 5.56 Å². The van der Waals surface area contributed by atoms with E-state index in [1.54, 1.807) is 35.8 Å². The summed E-state index contributed by atoms with van der Waals surface area (Å²) in [5.41, 5.74) is 2.26.